The maximum absolute atomic E-state index is 3.72. The van der Waals surface area contributed by atoms with Crippen LogP contribution in [0.25, 0.3) is 0 Å². The molecule has 2 rings (SSSR count). The van der Waals surface area contributed by atoms with E-state index >= 15 is 0 Å². The van der Waals surface area contributed by atoms with E-state index in [1.165, 1.54) is 47.9 Å². The predicted octanol–water partition coefficient (Wildman–Crippen LogP) is 4.43. The van der Waals surface area contributed by atoms with Crippen molar-refractivity contribution >= 4 is 27.3 Å². The summed E-state index contributed by atoms with van der Waals surface area (Å²) in [6.07, 6.45) is 8.04. The van der Waals surface area contributed by atoms with Crippen molar-refractivity contribution in [1.29, 1.82) is 0 Å². The average molecular weight is 345 g/mol. The van der Waals surface area contributed by atoms with Crippen molar-refractivity contribution in [3.63, 3.8) is 0 Å². The van der Waals surface area contributed by atoms with E-state index in [1.807, 2.05) is 11.3 Å². The molecule has 1 heterocycles. The quantitative estimate of drug-likeness (QED) is 0.813. The summed E-state index contributed by atoms with van der Waals surface area (Å²) in [6.45, 7) is 0. The predicted molar refractivity (Wildman–Crippen MR) is 87.9 cm³/mol. The molecular formula is C15H25BrN2S. The van der Waals surface area contributed by atoms with Gasteiger partial charge in [-0.1, -0.05) is 25.7 Å². The summed E-state index contributed by atoms with van der Waals surface area (Å²) < 4.78 is 1.25. The number of hydrogen-bond acceptors (Lipinski definition) is 3. The first kappa shape index (κ1) is 15.5. The molecule has 0 radical (unpaired) electrons. The molecule has 1 fully saturated rings. The van der Waals surface area contributed by atoms with Crippen LogP contribution in [0.4, 0.5) is 0 Å². The van der Waals surface area contributed by atoms with E-state index in [4.69, 9.17) is 0 Å². The fourth-order valence-corrected chi connectivity index (χ4v) is 5.31. The molecule has 19 heavy (non-hydrogen) atoms. The molecule has 1 aromatic rings. The molecule has 0 spiro atoms. The van der Waals surface area contributed by atoms with Crippen molar-refractivity contribution in [3.8, 4) is 0 Å². The Morgan fingerprint density at radius 3 is 2.32 bits per heavy atom. The Kier molecular flexibility index (Phi) is 5.46. The summed E-state index contributed by atoms with van der Waals surface area (Å²) in [6, 6.07) is 2.58. The highest BCUT2D eigenvalue weighted by molar-refractivity contribution is 9.10. The lowest BCUT2D eigenvalue weighted by molar-refractivity contribution is 0.0846. The zero-order valence-corrected chi connectivity index (χ0v) is 14.6. The highest BCUT2D eigenvalue weighted by Gasteiger charge is 2.42. The first-order valence-electron chi connectivity index (χ1n) is 7.19. The molecule has 1 aliphatic rings. The van der Waals surface area contributed by atoms with E-state index in [2.05, 4.69) is 58.7 Å². The van der Waals surface area contributed by atoms with Crippen LogP contribution in [0.2, 0.25) is 0 Å². The Morgan fingerprint density at radius 1 is 1.26 bits per heavy atom. The van der Waals surface area contributed by atoms with Gasteiger partial charge in [-0.25, -0.2) is 0 Å². The Hall–Kier alpha value is 0.1000. The van der Waals surface area contributed by atoms with Crippen molar-refractivity contribution < 1.29 is 0 Å². The zero-order valence-electron chi connectivity index (χ0n) is 12.2. The molecule has 1 saturated carbocycles. The largest absolute Gasteiger partial charge is 0.311 e. The molecule has 1 unspecified atom stereocenters. The third-order valence-electron chi connectivity index (χ3n) is 4.59. The number of halogens is 1. The van der Waals surface area contributed by atoms with Crippen molar-refractivity contribution in [3.05, 3.63) is 20.8 Å². The van der Waals surface area contributed by atoms with Crippen molar-refractivity contribution in [2.45, 2.75) is 50.1 Å². The topological polar surface area (TPSA) is 15.3 Å². The van der Waals surface area contributed by atoms with Gasteiger partial charge in [-0.05, 0) is 61.4 Å². The minimum Gasteiger partial charge on any atom is -0.311 e. The second kappa shape index (κ2) is 6.70. The molecule has 1 aromatic heterocycles. The van der Waals surface area contributed by atoms with Gasteiger partial charge in [0.05, 0.1) is 6.04 Å². The van der Waals surface area contributed by atoms with Gasteiger partial charge in [0.15, 0.2) is 0 Å². The molecule has 0 aliphatic heterocycles. The molecule has 1 atom stereocenters. The molecule has 1 N–H and O–H groups in total. The van der Waals surface area contributed by atoms with Crippen LogP contribution in [0.1, 0.15) is 49.4 Å². The molecule has 2 nitrogen and oxygen atoms in total. The second-order valence-electron chi connectivity index (χ2n) is 5.77. The summed E-state index contributed by atoms with van der Waals surface area (Å²) >= 11 is 5.58. The van der Waals surface area contributed by atoms with Crippen LogP contribution >= 0.6 is 27.3 Å². The van der Waals surface area contributed by atoms with Crippen LogP contribution in [0.5, 0.6) is 0 Å². The van der Waals surface area contributed by atoms with Crippen molar-refractivity contribution in [1.82, 2.24) is 10.2 Å². The van der Waals surface area contributed by atoms with E-state index in [1.54, 1.807) is 0 Å². The summed E-state index contributed by atoms with van der Waals surface area (Å²) in [5, 5.41) is 5.79. The van der Waals surface area contributed by atoms with Gasteiger partial charge in [0.25, 0.3) is 0 Å². The van der Waals surface area contributed by atoms with Crippen LogP contribution in [0.15, 0.2) is 15.9 Å². The number of likely N-dealkylation sites (N-methyl/N-ethyl adjacent to an activating group) is 2. The maximum atomic E-state index is 3.72. The third kappa shape index (κ3) is 3.07. The maximum Gasteiger partial charge on any atom is 0.0610 e. The summed E-state index contributed by atoms with van der Waals surface area (Å²) in [7, 11) is 6.60. The first-order chi connectivity index (χ1) is 9.12. The smallest absolute Gasteiger partial charge is 0.0610 e. The van der Waals surface area contributed by atoms with Crippen LogP contribution < -0.4 is 5.32 Å². The zero-order chi connectivity index (χ0) is 13.9. The Bertz CT molecular complexity index is 395. The fraction of sp³-hybridized carbons (Fsp3) is 0.733. The van der Waals surface area contributed by atoms with Crippen LogP contribution in [0, 0.1) is 0 Å². The molecule has 108 valence electrons. The highest BCUT2D eigenvalue weighted by Crippen LogP contribution is 2.44. The van der Waals surface area contributed by atoms with Gasteiger partial charge in [-0.3, -0.25) is 0 Å². The van der Waals surface area contributed by atoms with E-state index in [-0.39, 0.29) is 5.54 Å². The minimum atomic E-state index is 0.249. The fourth-order valence-electron chi connectivity index (χ4n) is 3.49. The Labute approximate surface area is 129 Å². The number of nitrogens with one attached hydrogen (secondary N) is 1. The molecule has 1 aliphatic carbocycles. The number of rotatable bonds is 4. The highest BCUT2D eigenvalue weighted by atomic mass is 79.9. The van der Waals surface area contributed by atoms with E-state index < -0.39 is 0 Å². The summed E-state index contributed by atoms with van der Waals surface area (Å²) in [4.78, 5) is 3.91. The Balaban J connectivity index is 2.37. The van der Waals surface area contributed by atoms with E-state index in [0.717, 1.165) is 0 Å². The normalized spacial score (nSPS) is 21.3. The SMILES string of the molecule is CNC(c1sccc1Br)C1(N(C)C)CCCCCC1. The van der Waals surface area contributed by atoms with Gasteiger partial charge in [-0.2, -0.15) is 0 Å². The second-order valence-corrected chi connectivity index (χ2v) is 7.57. The molecule has 0 amide bonds. The number of thiophene rings is 1. The van der Waals surface area contributed by atoms with Crippen LogP contribution in [-0.4, -0.2) is 31.6 Å². The van der Waals surface area contributed by atoms with Gasteiger partial charge in [0, 0.05) is 14.9 Å². The van der Waals surface area contributed by atoms with Crippen molar-refractivity contribution in [2.75, 3.05) is 21.1 Å². The van der Waals surface area contributed by atoms with Gasteiger partial charge in [0.1, 0.15) is 0 Å². The van der Waals surface area contributed by atoms with E-state index in [9.17, 15) is 0 Å². The number of nitrogens with zero attached hydrogens (tertiary/aromatic N) is 1. The third-order valence-corrected chi connectivity index (χ3v) is 6.53. The first-order valence-corrected chi connectivity index (χ1v) is 8.86. The van der Waals surface area contributed by atoms with Gasteiger partial charge < -0.3 is 10.2 Å². The lowest BCUT2D eigenvalue weighted by atomic mass is 9.80. The van der Waals surface area contributed by atoms with Gasteiger partial charge in [0.2, 0.25) is 0 Å². The summed E-state index contributed by atoms with van der Waals surface area (Å²) in [5.74, 6) is 0. The molecule has 4 heteroatoms. The minimum absolute atomic E-state index is 0.249. The van der Waals surface area contributed by atoms with Crippen molar-refractivity contribution in [2.24, 2.45) is 0 Å². The molecular weight excluding hydrogens is 320 g/mol. The average Bonchev–Trinajstić information content (AvgIpc) is 2.67. The van der Waals surface area contributed by atoms with Crippen LogP contribution in [0.3, 0.4) is 0 Å². The van der Waals surface area contributed by atoms with Gasteiger partial charge >= 0.3 is 0 Å². The molecule has 0 aromatic carbocycles. The standard InChI is InChI=1S/C15H25BrN2S/c1-17-14(13-12(16)8-11-19-13)15(18(2)3)9-6-4-5-7-10-15/h8,11,14,17H,4-7,9-10H2,1-3H3. The summed E-state index contributed by atoms with van der Waals surface area (Å²) in [5.41, 5.74) is 0.249. The molecule has 0 saturated heterocycles. The monoisotopic (exact) mass is 344 g/mol. The Morgan fingerprint density at radius 2 is 1.89 bits per heavy atom. The lowest BCUT2D eigenvalue weighted by Crippen LogP contribution is -2.52. The molecule has 0 bridgehead atoms. The lowest BCUT2D eigenvalue weighted by Gasteiger charge is -2.45. The number of hydrogen-bond donors (Lipinski definition) is 1. The van der Waals surface area contributed by atoms with Gasteiger partial charge in [-0.15, -0.1) is 11.3 Å². The van der Waals surface area contributed by atoms with Crippen LogP contribution in [-0.2, 0) is 0 Å². The van der Waals surface area contributed by atoms with E-state index in [0.29, 0.717) is 6.04 Å².